The van der Waals surface area contributed by atoms with Gasteiger partial charge in [0, 0.05) is 17.1 Å². The highest BCUT2D eigenvalue weighted by atomic mass is 32.1. The molecule has 0 spiro atoms. The van der Waals surface area contributed by atoms with Gasteiger partial charge in [-0.1, -0.05) is 0 Å². The number of halogens is 2. The third kappa shape index (κ3) is 2.57. The normalized spacial score (nSPS) is 27.6. The molecule has 4 heterocycles. The van der Waals surface area contributed by atoms with E-state index in [1.54, 1.807) is 6.07 Å². The molecule has 0 aliphatic carbocycles. The summed E-state index contributed by atoms with van der Waals surface area (Å²) >= 11 is 1.10. The maximum Gasteiger partial charge on any atom is 0.261 e. The molecule has 3 aliphatic rings. The van der Waals surface area contributed by atoms with Gasteiger partial charge in [-0.15, -0.1) is 11.3 Å². The van der Waals surface area contributed by atoms with E-state index >= 15 is 0 Å². The zero-order chi connectivity index (χ0) is 17.9. The first kappa shape index (κ1) is 16.9. The molecular formula is C19H22F2N2OS. The lowest BCUT2D eigenvalue weighted by atomic mass is 9.72. The van der Waals surface area contributed by atoms with E-state index in [-0.39, 0.29) is 23.1 Å². The molecule has 1 aromatic carbocycles. The van der Waals surface area contributed by atoms with Gasteiger partial charge in [0.05, 0.1) is 9.58 Å². The van der Waals surface area contributed by atoms with Gasteiger partial charge in [0.2, 0.25) is 0 Å². The monoisotopic (exact) mass is 364 g/mol. The maximum absolute atomic E-state index is 14.3. The van der Waals surface area contributed by atoms with Gasteiger partial charge in [0.1, 0.15) is 11.6 Å². The molecule has 5 rings (SSSR count). The van der Waals surface area contributed by atoms with Crippen molar-refractivity contribution in [1.82, 2.24) is 10.2 Å². The highest BCUT2D eigenvalue weighted by Crippen LogP contribution is 2.39. The van der Waals surface area contributed by atoms with E-state index in [9.17, 15) is 13.6 Å². The van der Waals surface area contributed by atoms with Crippen LogP contribution in [0.15, 0.2) is 12.1 Å². The zero-order valence-electron chi connectivity index (χ0n) is 14.7. The minimum Gasteiger partial charge on any atom is -0.346 e. The molecule has 1 N–H and O–H groups in total. The van der Waals surface area contributed by atoms with Crippen molar-refractivity contribution in [3.8, 4) is 0 Å². The second-order valence-corrected chi connectivity index (χ2v) is 8.81. The van der Waals surface area contributed by atoms with Gasteiger partial charge < -0.3 is 5.32 Å². The number of thiophene rings is 1. The number of hydrogen-bond donors (Lipinski definition) is 1. The van der Waals surface area contributed by atoms with Crippen LogP contribution in [0.5, 0.6) is 0 Å². The largest absolute Gasteiger partial charge is 0.346 e. The summed E-state index contributed by atoms with van der Waals surface area (Å²) in [4.78, 5) is 15.7. The van der Waals surface area contributed by atoms with Gasteiger partial charge in [-0.05, 0) is 70.1 Å². The van der Waals surface area contributed by atoms with E-state index in [1.807, 2.05) is 0 Å². The quantitative estimate of drug-likeness (QED) is 0.870. The SMILES string of the molecule is Cc1c(F)cc2cc(C(=O)N[C@@H]3C4CCN(CC4)C3(C)C)sc2c1F. The summed E-state index contributed by atoms with van der Waals surface area (Å²) < 4.78 is 28.4. The molecule has 1 atom stereocenters. The molecule has 6 heteroatoms. The summed E-state index contributed by atoms with van der Waals surface area (Å²) in [5, 5.41) is 3.63. The topological polar surface area (TPSA) is 32.3 Å². The zero-order valence-corrected chi connectivity index (χ0v) is 15.5. The predicted octanol–water partition coefficient (Wildman–Crippen LogP) is 4.09. The Morgan fingerprint density at radius 1 is 1.28 bits per heavy atom. The number of nitrogens with one attached hydrogen (secondary N) is 1. The fourth-order valence-electron chi connectivity index (χ4n) is 4.41. The molecule has 25 heavy (non-hydrogen) atoms. The minimum absolute atomic E-state index is 0.000156. The highest BCUT2D eigenvalue weighted by Gasteiger charge is 2.48. The number of piperidine rings is 3. The lowest BCUT2D eigenvalue weighted by molar-refractivity contribution is -0.0377. The van der Waals surface area contributed by atoms with Crippen molar-refractivity contribution in [1.29, 1.82) is 0 Å². The number of carbonyl (C=O) groups excluding carboxylic acids is 1. The van der Waals surface area contributed by atoms with Crippen molar-refractivity contribution in [2.75, 3.05) is 13.1 Å². The second kappa shape index (κ2) is 5.74. The summed E-state index contributed by atoms with van der Waals surface area (Å²) in [7, 11) is 0. The third-order valence-corrected chi connectivity index (χ3v) is 7.17. The lowest BCUT2D eigenvalue weighted by Gasteiger charge is -2.56. The van der Waals surface area contributed by atoms with E-state index in [2.05, 4.69) is 24.1 Å². The van der Waals surface area contributed by atoms with Gasteiger partial charge >= 0.3 is 0 Å². The van der Waals surface area contributed by atoms with Crippen LogP contribution in [0.25, 0.3) is 10.1 Å². The summed E-state index contributed by atoms with van der Waals surface area (Å²) in [6.07, 6.45) is 2.19. The number of hydrogen-bond acceptors (Lipinski definition) is 3. The Morgan fingerprint density at radius 3 is 2.60 bits per heavy atom. The second-order valence-electron chi connectivity index (χ2n) is 7.76. The minimum atomic E-state index is -0.576. The number of amides is 1. The van der Waals surface area contributed by atoms with Crippen molar-refractivity contribution in [2.24, 2.45) is 5.92 Å². The molecule has 3 aliphatic heterocycles. The Kier molecular flexibility index (Phi) is 3.88. The summed E-state index contributed by atoms with van der Waals surface area (Å²) in [5.74, 6) is -0.851. The van der Waals surface area contributed by atoms with Crippen LogP contribution in [-0.4, -0.2) is 35.5 Å². The summed E-state index contributed by atoms with van der Waals surface area (Å²) in [6.45, 7) is 7.92. The van der Waals surface area contributed by atoms with Crippen molar-refractivity contribution < 1.29 is 13.6 Å². The van der Waals surface area contributed by atoms with Crippen LogP contribution in [0.2, 0.25) is 0 Å². The van der Waals surface area contributed by atoms with Gasteiger partial charge in [-0.2, -0.15) is 0 Å². The van der Waals surface area contributed by atoms with Crippen LogP contribution in [0.3, 0.4) is 0 Å². The number of carbonyl (C=O) groups is 1. The lowest BCUT2D eigenvalue weighted by Crippen LogP contribution is -2.69. The van der Waals surface area contributed by atoms with Gasteiger partial charge in [-0.3, -0.25) is 9.69 Å². The number of benzene rings is 1. The van der Waals surface area contributed by atoms with Crippen LogP contribution in [0.1, 0.15) is 41.9 Å². The van der Waals surface area contributed by atoms with Gasteiger partial charge in [0.15, 0.2) is 0 Å². The summed E-state index contributed by atoms with van der Waals surface area (Å²) in [5.41, 5.74) is -0.0820. The molecule has 3 saturated heterocycles. The van der Waals surface area contributed by atoms with Crippen LogP contribution >= 0.6 is 11.3 Å². The first-order chi connectivity index (χ1) is 11.8. The van der Waals surface area contributed by atoms with E-state index < -0.39 is 11.6 Å². The average Bonchev–Trinajstić information content (AvgIpc) is 3.00. The molecule has 0 saturated carbocycles. The molecule has 3 fully saturated rings. The van der Waals surface area contributed by atoms with Crippen LogP contribution in [-0.2, 0) is 0 Å². The molecule has 2 aromatic rings. The highest BCUT2D eigenvalue weighted by molar-refractivity contribution is 7.20. The van der Waals surface area contributed by atoms with Crippen LogP contribution in [0, 0.1) is 24.5 Å². The Bertz CT molecular complexity index is 853. The number of rotatable bonds is 2. The molecule has 0 radical (unpaired) electrons. The van der Waals surface area contributed by atoms with E-state index in [0.717, 1.165) is 37.3 Å². The molecule has 1 aromatic heterocycles. The molecule has 1 amide bonds. The first-order valence-electron chi connectivity index (χ1n) is 8.73. The van der Waals surface area contributed by atoms with Crippen molar-refractivity contribution >= 4 is 27.3 Å². The fraction of sp³-hybridized carbons (Fsp3) is 0.526. The smallest absolute Gasteiger partial charge is 0.261 e. The number of fused-ring (bicyclic) bond motifs is 4. The van der Waals surface area contributed by atoms with E-state index in [1.165, 1.54) is 13.0 Å². The standard InChI is InChI=1S/C19H22F2N2OS/c1-10-13(20)8-12-9-14(25-16(12)15(10)21)18(24)22-17-11-4-6-23(7-5-11)19(17,2)3/h8-9,11,17H,4-7H2,1-3H3,(H,22,24)/t17-/m1/s1. The van der Waals surface area contributed by atoms with Crippen molar-refractivity contribution in [3.63, 3.8) is 0 Å². The fourth-order valence-corrected chi connectivity index (χ4v) is 5.44. The molecular weight excluding hydrogens is 342 g/mol. The Balaban J connectivity index is 1.63. The van der Waals surface area contributed by atoms with Crippen LogP contribution in [0.4, 0.5) is 8.78 Å². The predicted molar refractivity (Wildman–Crippen MR) is 96.1 cm³/mol. The molecule has 3 nitrogen and oxygen atoms in total. The number of nitrogens with zero attached hydrogens (tertiary/aromatic N) is 1. The van der Waals surface area contributed by atoms with E-state index in [0.29, 0.717) is 20.9 Å². The van der Waals surface area contributed by atoms with Crippen LogP contribution < -0.4 is 5.32 Å². The third-order valence-electron chi connectivity index (χ3n) is 6.03. The Hall–Kier alpha value is -1.53. The van der Waals surface area contributed by atoms with Gasteiger partial charge in [0.25, 0.3) is 5.91 Å². The molecule has 2 bridgehead atoms. The Morgan fingerprint density at radius 2 is 1.96 bits per heavy atom. The molecule has 0 unspecified atom stereocenters. The van der Waals surface area contributed by atoms with Gasteiger partial charge in [-0.25, -0.2) is 8.78 Å². The molecule has 134 valence electrons. The Labute approximate surface area is 150 Å². The van der Waals surface area contributed by atoms with E-state index in [4.69, 9.17) is 0 Å². The van der Waals surface area contributed by atoms with Crippen molar-refractivity contribution in [2.45, 2.75) is 45.2 Å². The first-order valence-corrected chi connectivity index (χ1v) is 9.54. The maximum atomic E-state index is 14.3. The van der Waals surface area contributed by atoms with Crippen molar-refractivity contribution in [3.05, 3.63) is 34.2 Å². The average molecular weight is 364 g/mol. The summed E-state index contributed by atoms with van der Waals surface area (Å²) in [6, 6.07) is 2.98.